The maximum atomic E-state index is 5.22. The fraction of sp³-hybridized carbons (Fsp3) is 0.0984. The number of fused-ring (bicyclic) bond motifs is 9. The van der Waals surface area contributed by atoms with E-state index >= 15 is 0 Å². The molecule has 0 atom stereocenters. The fourth-order valence-electron chi connectivity index (χ4n) is 12.4. The third kappa shape index (κ3) is 4.63. The highest BCUT2D eigenvalue weighted by Gasteiger charge is 2.53. The van der Waals surface area contributed by atoms with Crippen LogP contribution < -0.4 is 0 Å². The van der Waals surface area contributed by atoms with Gasteiger partial charge in [-0.2, -0.15) is 0 Å². The number of nitrogens with zero attached hydrogens (tertiary/aromatic N) is 3. The summed E-state index contributed by atoms with van der Waals surface area (Å²) in [5.74, 6) is 0. The smallest absolute Gasteiger partial charge is 0.118 e. The molecule has 0 spiro atoms. The van der Waals surface area contributed by atoms with Gasteiger partial charge < -0.3 is 9.80 Å². The molecule has 2 heterocycles. The third-order valence-electron chi connectivity index (χ3n) is 15.1. The molecule has 13 rings (SSSR count). The second kappa shape index (κ2) is 13.6. The van der Waals surface area contributed by atoms with Gasteiger partial charge in [-0.05, 0) is 108 Å². The maximum absolute atomic E-state index is 5.22. The molecule has 0 N–H and O–H groups in total. The first-order valence-corrected chi connectivity index (χ1v) is 22.5. The van der Waals surface area contributed by atoms with Crippen LogP contribution in [0.1, 0.15) is 68.3 Å². The van der Waals surface area contributed by atoms with Crippen LogP contribution in [0.25, 0.3) is 33.4 Å². The van der Waals surface area contributed by atoms with Crippen molar-refractivity contribution in [1.82, 2.24) is 14.8 Å². The normalized spacial score (nSPS) is 16.3. The molecule has 0 saturated carbocycles. The average molecular weight is 820 g/mol. The Kier molecular flexibility index (Phi) is 7.85. The zero-order valence-corrected chi connectivity index (χ0v) is 35.9. The number of rotatable bonds is 6. The van der Waals surface area contributed by atoms with Gasteiger partial charge in [0.1, 0.15) is 5.54 Å². The summed E-state index contributed by atoms with van der Waals surface area (Å²) in [5.41, 5.74) is 20.7. The summed E-state index contributed by atoms with van der Waals surface area (Å²) in [7, 11) is 2.20. The summed E-state index contributed by atoms with van der Waals surface area (Å²) in [6, 6.07) is 79.9. The molecule has 0 radical (unpaired) electrons. The maximum Gasteiger partial charge on any atom is 0.118 e. The van der Waals surface area contributed by atoms with E-state index in [-0.39, 0.29) is 0 Å². The third-order valence-corrected chi connectivity index (χ3v) is 15.1. The predicted octanol–water partition coefficient (Wildman–Crippen LogP) is 13.1. The number of pyridine rings is 1. The lowest BCUT2D eigenvalue weighted by Gasteiger charge is -2.43. The molecular formula is C61H45N3. The molecule has 8 aromatic carbocycles. The van der Waals surface area contributed by atoms with Gasteiger partial charge in [0, 0.05) is 25.1 Å². The Hall–Kier alpha value is -7.75. The number of allylic oxidation sites excluding steroid dienone is 1. The van der Waals surface area contributed by atoms with Crippen LogP contribution in [0.2, 0.25) is 0 Å². The van der Waals surface area contributed by atoms with E-state index in [1.54, 1.807) is 0 Å². The molecule has 0 saturated heterocycles. The Morgan fingerprint density at radius 1 is 0.391 bits per heavy atom. The largest absolute Gasteiger partial charge is 0.359 e. The van der Waals surface area contributed by atoms with Gasteiger partial charge in [-0.15, -0.1) is 0 Å². The molecule has 3 aliphatic carbocycles. The Morgan fingerprint density at radius 2 is 0.766 bits per heavy atom. The van der Waals surface area contributed by atoms with E-state index in [9.17, 15) is 0 Å². The zero-order chi connectivity index (χ0) is 42.6. The Morgan fingerprint density at radius 3 is 1.20 bits per heavy atom. The lowest BCUT2D eigenvalue weighted by Crippen LogP contribution is -2.45. The minimum absolute atomic E-state index is 0.573. The molecule has 64 heavy (non-hydrogen) atoms. The minimum Gasteiger partial charge on any atom is -0.359 e. The van der Waals surface area contributed by atoms with Gasteiger partial charge >= 0.3 is 0 Å². The fourth-order valence-corrected chi connectivity index (χ4v) is 12.4. The number of aromatic nitrogens is 1. The molecule has 3 heteroatoms. The summed E-state index contributed by atoms with van der Waals surface area (Å²) < 4.78 is 0. The van der Waals surface area contributed by atoms with Crippen molar-refractivity contribution in [3.63, 3.8) is 0 Å². The van der Waals surface area contributed by atoms with Crippen molar-refractivity contribution in [3.8, 4) is 33.4 Å². The van der Waals surface area contributed by atoms with Crippen molar-refractivity contribution in [2.75, 3.05) is 13.7 Å². The summed E-state index contributed by atoms with van der Waals surface area (Å²) in [6.07, 6.45) is 4.32. The first-order valence-electron chi connectivity index (χ1n) is 22.5. The second-order valence-electron chi connectivity index (χ2n) is 17.9. The topological polar surface area (TPSA) is 19.4 Å². The Bertz CT molecular complexity index is 3240. The first-order chi connectivity index (χ1) is 31.6. The SMILES string of the molecule is CC1=CN(C2(c3cccc(C4(c5cccc(C6(c7ccccn7)c7ccccc7-c7ccccc76)c5)c5ccccc5-c5ccccc54)c3)c3ccccc3-c3ccccc32)CN1C. The molecule has 3 nitrogen and oxygen atoms in total. The van der Waals surface area contributed by atoms with Crippen LogP contribution in [0, 0.1) is 0 Å². The van der Waals surface area contributed by atoms with Crippen LogP contribution in [0.15, 0.2) is 230 Å². The van der Waals surface area contributed by atoms with Gasteiger partial charge in [-0.1, -0.05) is 200 Å². The lowest BCUT2D eigenvalue weighted by molar-refractivity contribution is 0.195. The summed E-state index contributed by atoms with van der Waals surface area (Å²) in [6.45, 7) is 3.00. The molecule has 4 aliphatic rings. The molecule has 0 amide bonds. The van der Waals surface area contributed by atoms with Crippen LogP contribution in [0.4, 0.5) is 0 Å². The summed E-state index contributed by atoms with van der Waals surface area (Å²) in [5, 5.41) is 0. The van der Waals surface area contributed by atoms with Crippen LogP contribution in [0.5, 0.6) is 0 Å². The van der Waals surface area contributed by atoms with Gasteiger partial charge in [-0.25, -0.2) is 0 Å². The van der Waals surface area contributed by atoms with Gasteiger partial charge in [-0.3, -0.25) is 4.98 Å². The minimum atomic E-state index is -0.658. The number of hydrogen-bond acceptors (Lipinski definition) is 3. The number of benzene rings is 8. The van der Waals surface area contributed by atoms with Crippen molar-refractivity contribution in [1.29, 1.82) is 0 Å². The highest BCUT2D eigenvalue weighted by atomic mass is 15.4. The molecule has 1 aromatic heterocycles. The first kappa shape index (κ1) is 36.9. The molecule has 0 unspecified atom stereocenters. The Balaban J connectivity index is 1.13. The quantitative estimate of drug-likeness (QED) is 0.167. The second-order valence-corrected chi connectivity index (χ2v) is 17.9. The van der Waals surface area contributed by atoms with E-state index in [1.807, 2.05) is 12.3 Å². The van der Waals surface area contributed by atoms with Crippen molar-refractivity contribution >= 4 is 0 Å². The highest BCUT2D eigenvalue weighted by molar-refractivity contribution is 5.89. The van der Waals surface area contributed by atoms with Crippen LogP contribution >= 0.6 is 0 Å². The standard InChI is InChI=1S/C61H45N3/c1-41-39-64(40-63(41)2)61(56-33-13-7-27-50(56)51-28-8-14-34-57(51)61)45-22-18-20-43(38-45)59(52-29-9-3-23-46(52)47-24-4-10-30-53(47)59)42-19-17-21-44(37-42)60(58-35-15-16-36-62-58)54-31-11-5-25-48(54)49-26-6-12-32-55(49)60/h3-39H,40H2,1-2H3. The van der Waals surface area contributed by atoms with E-state index in [2.05, 4.69) is 236 Å². The summed E-state index contributed by atoms with van der Waals surface area (Å²) >= 11 is 0. The van der Waals surface area contributed by atoms with Gasteiger partial charge in [0.15, 0.2) is 0 Å². The monoisotopic (exact) mass is 819 g/mol. The molecule has 0 fully saturated rings. The molecule has 9 aromatic rings. The summed E-state index contributed by atoms with van der Waals surface area (Å²) in [4.78, 5) is 10.2. The van der Waals surface area contributed by atoms with E-state index < -0.39 is 16.4 Å². The average Bonchev–Trinajstić information content (AvgIpc) is 4.06. The van der Waals surface area contributed by atoms with E-state index in [0.717, 1.165) is 12.4 Å². The van der Waals surface area contributed by atoms with E-state index in [1.165, 1.54) is 94.7 Å². The van der Waals surface area contributed by atoms with Crippen molar-refractivity contribution in [3.05, 3.63) is 292 Å². The Labute approximate surface area is 375 Å². The highest BCUT2D eigenvalue weighted by Crippen LogP contribution is 2.61. The van der Waals surface area contributed by atoms with Crippen molar-refractivity contribution in [2.24, 2.45) is 0 Å². The molecular weight excluding hydrogens is 775 g/mol. The van der Waals surface area contributed by atoms with Crippen molar-refractivity contribution in [2.45, 2.75) is 23.3 Å². The van der Waals surface area contributed by atoms with Gasteiger partial charge in [0.2, 0.25) is 0 Å². The van der Waals surface area contributed by atoms with Crippen LogP contribution in [-0.2, 0) is 16.4 Å². The molecule has 304 valence electrons. The van der Waals surface area contributed by atoms with Gasteiger partial charge in [0.05, 0.1) is 23.2 Å². The van der Waals surface area contributed by atoms with Gasteiger partial charge in [0.25, 0.3) is 0 Å². The van der Waals surface area contributed by atoms with Crippen LogP contribution in [-0.4, -0.2) is 28.5 Å². The van der Waals surface area contributed by atoms with E-state index in [4.69, 9.17) is 4.98 Å². The lowest BCUT2D eigenvalue weighted by atomic mass is 9.64. The van der Waals surface area contributed by atoms with Crippen molar-refractivity contribution < 1.29 is 0 Å². The molecule has 0 bridgehead atoms. The van der Waals surface area contributed by atoms with E-state index in [0.29, 0.717) is 0 Å². The number of hydrogen-bond donors (Lipinski definition) is 0. The molecule has 1 aliphatic heterocycles. The predicted molar refractivity (Wildman–Crippen MR) is 259 cm³/mol. The van der Waals surface area contributed by atoms with Crippen LogP contribution in [0.3, 0.4) is 0 Å². The zero-order valence-electron chi connectivity index (χ0n) is 35.9.